The average Bonchev–Trinajstić information content (AvgIpc) is 2.36. The molecule has 0 aromatic heterocycles. The Bertz CT molecular complexity index is 233. The average molecular weight is 252 g/mol. The van der Waals surface area contributed by atoms with Gasteiger partial charge in [-0.05, 0) is 70.9 Å². The highest BCUT2D eigenvalue weighted by molar-refractivity contribution is 4.83. The largest absolute Gasteiger partial charge is 0.311 e. The minimum Gasteiger partial charge on any atom is -0.311 e. The zero-order chi connectivity index (χ0) is 13.0. The summed E-state index contributed by atoms with van der Waals surface area (Å²) in [5.41, 5.74) is 0. The third-order valence-electron chi connectivity index (χ3n) is 5.13. The summed E-state index contributed by atoms with van der Waals surface area (Å²) in [7, 11) is 0. The van der Waals surface area contributed by atoms with Crippen molar-refractivity contribution < 1.29 is 0 Å². The Labute approximate surface area is 114 Å². The van der Waals surface area contributed by atoms with Crippen LogP contribution in [0.5, 0.6) is 0 Å². The number of rotatable bonds is 2. The summed E-state index contributed by atoms with van der Waals surface area (Å²) in [6.07, 6.45) is 9.73. The van der Waals surface area contributed by atoms with Crippen LogP contribution < -0.4 is 5.32 Å². The van der Waals surface area contributed by atoms with Crippen LogP contribution in [0.25, 0.3) is 0 Å². The molecule has 0 aromatic rings. The third kappa shape index (κ3) is 3.96. The van der Waals surface area contributed by atoms with E-state index in [9.17, 15) is 0 Å². The first-order chi connectivity index (χ1) is 8.69. The van der Waals surface area contributed by atoms with E-state index in [4.69, 9.17) is 0 Å². The quantitative estimate of drug-likeness (QED) is 0.810. The molecule has 2 aliphatic rings. The molecule has 1 saturated heterocycles. The van der Waals surface area contributed by atoms with Crippen LogP contribution >= 0.6 is 0 Å². The van der Waals surface area contributed by atoms with E-state index in [0.717, 1.165) is 18.0 Å². The van der Waals surface area contributed by atoms with E-state index in [0.29, 0.717) is 6.04 Å². The molecule has 2 fully saturated rings. The lowest BCUT2D eigenvalue weighted by molar-refractivity contribution is 0.117. The molecule has 0 spiro atoms. The Balaban J connectivity index is 1.87. The van der Waals surface area contributed by atoms with Crippen LogP contribution in [0.2, 0.25) is 0 Å². The van der Waals surface area contributed by atoms with E-state index in [1.807, 2.05) is 0 Å². The number of hydrogen-bond acceptors (Lipinski definition) is 2. The van der Waals surface area contributed by atoms with E-state index in [1.54, 1.807) is 0 Å². The lowest BCUT2D eigenvalue weighted by Gasteiger charge is -2.39. The Kier molecular flexibility index (Phi) is 5.50. The normalized spacial score (nSPS) is 40.2. The van der Waals surface area contributed by atoms with Gasteiger partial charge in [0.25, 0.3) is 0 Å². The molecule has 1 heterocycles. The Morgan fingerprint density at radius 2 is 1.61 bits per heavy atom. The van der Waals surface area contributed by atoms with Gasteiger partial charge in [0.2, 0.25) is 0 Å². The second kappa shape index (κ2) is 6.91. The van der Waals surface area contributed by atoms with Crippen LogP contribution in [-0.4, -0.2) is 36.1 Å². The highest BCUT2D eigenvalue weighted by atomic mass is 15.2. The zero-order valence-electron chi connectivity index (χ0n) is 12.6. The van der Waals surface area contributed by atoms with Gasteiger partial charge in [-0.15, -0.1) is 0 Å². The highest BCUT2D eigenvalue weighted by Crippen LogP contribution is 2.28. The van der Waals surface area contributed by atoms with Crippen molar-refractivity contribution in [1.29, 1.82) is 0 Å². The first-order valence-electron chi connectivity index (χ1n) is 8.19. The fraction of sp³-hybridized carbons (Fsp3) is 1.00. The van der Waals surface area contributed by atoms with Crippen molar-refractivity contribution in [3.63, 3.8) is 0 Å². The Morgan fingerprint density at radius 1 is 0.944 bits per heavy atom. The molecule has 2 unspecified atom stereocenters. The SMILES string of the molecule is CCC1CCN(C2CCC(C)CC2)CCC(C)N1. The molecule has 2 atom stereocenters. The zero-order valence-corrected chi connectivity index (χ0v) is 12.6. The van der Waals surface area contributed by atoms with Gasteiger partial charge in [-0.1, -0.05) is 13.8 Å². The Morgan fingerprint density at radius 3 is 2.28 bits per heavy atom. The summed E-state index contributed by atoms with van der Waals surface area (Å²) in [6, 6.07) is 2.33. The molecular formula is C16H32N2. The highest BCUT2D eigenvalue weighted by Gasteiger charge is 2.26. The second-order valence-corrected chi connectivity index (χ2v) is 6.70. The van der Waals surface area contributed by atoms with Crippen molar-refractivity contribution in [1.82, 2.24) is 10.2 Å². The predicted molar refractivity (Wildman–Crippen MR) is 78.9 cm³/mol. The van der Waals surface area contributed by atoms with Gasteiger partial charge in [-0.2, -0.15) is 0 Å². The number of hydrogen-bond donors (Lipinski definition) is 1. The molecule has 0 aromatic carbocycles. The van der Waals surface area contributed by atoms with Crippen molar-refractivity contribution in [2.24, 2.45) is 5.92 Å². The van der Waals surface area contributed by atoms with Crippen LogP contribution in [0.15, 0.2) is 0 Å². The minimum atomic E-state index is 0.695. The minimum absolute atomic E-state index is 0.695. The summed E-state index contributed by atoms with van der Waals surface area (Å²) in [6.45, 7) is 9.72. The van der Waals surface area contributed by atoms with E-state index in [1.165, 1.54) is 58.0 Å². The summed E-state index contributed by atoms with van der Waals surface area (Å²) in [5.74, 6) is 0.972. The number of nitrogens with one attached hydrogen (secondary N) is 1. The van der Waals surface area contributed by atoms with Crippen molar-refractivity contribution in [2.45, 2.75) is 83.8 Å². The predicted octanol–water partition coefficient (Wildman–Crippen LogP) is 3.42. The molecule has 1 aliphatic carbocycles. The molecule has 2 rings (SSSR count). The van der Waals surface area contributed by atoms with Gasteiger partial charge in [0.15, 0.2) is 0 Å². The van der Waals surface area contributed by atoms with E-state index in [2.05, 4.69) is 31.0 Å². The molecule has 18 heavy (non-hydrogen) atoms. The molecular weight excluding hydrogens is 220 g/mol. The van der Waals surface area contributed by atoms with Crippen LogP contribution in [-0.2, 0) is 0 Å². The van der Waals surface area contributed by atoms with Crippen molar-refractivity contribution >= 4 is 0 Å². The van der Waals surface area contributed by atoms with Crippen molar-refractivity contribution in [2.75, 3.05) is 13.1 Å². The molecule has 0 bridgehead atoms. The van der Waals surface area contributed by atoms with Crippen LogP contribution in [0, 0.1) is 5.92 Å². The summed E-state index contributed by atoms with van der Waals surface area (Å²) in [4.78, 5) is 2.81. The topological polar surface area (TPSA) is 15.3 Å². The molecule has 2 nitrogen and oxygen atoms in total. The summed E-state index contributed by atoms with van der Waals surface area (Å²) in [5, 5.41) is 3.77. The molecule has 106 valence electrons. The standard InChI is InChI=1S/C16H32N2/c1-4-15-10-12-18(11-9-14(3)17-15)16-7-5-13(2)6-8-16/h13-17H,4-12H2,1-3H3. The van der Waals surface area contributed by atoms with Gasteiger partial charge in [0.1, 0.15) is 0 Å². The maximum atomic E-state index is 3.77. The van der Waals surface area contributed by atoms with Gasteiger partial charge >= 0.3 is 0 Å². The van der Waals surface area contributed by atoms with Crippen molar-refractivity contribution in [3.05, 3.63) is 0 Å². The van der Waals surface area contributed by atoms with Gasteiger partial charge in [0.05, 0.1) is 0 Å². The maximum Gasteiger partial charge on any atom is 0.00954 e. The van der Waals surface area contributed by atoms with Crippen LogP contribution in [0.1, 0.15) is 65.7 Å². The molecule has 0 amide bonds. The summed E-state index contributed by atoms with van der Waals surface area (Å²) >= 11 is 0. The van der Waals surface area contributed by atoms with E-state index in [-0.39, 0.29) is 0 Å². The van der Waals surface area contributed by atoms with Crippen molar-refractivity contribution in [3.8, 4) is 0 Å². The maximum absolute atomic E-state index is 3.77. The lowest BCUT2D eigenvalue weighted by atomic mass is 9.86. The first-order valence-corrected chi connectivity index (χ1v) is 8.19. The van der Waals surface area contributed by atoms with Gasteiger partial charge in [-0.3, -0.25) is 0 Å². The Hall–Kier alpha value is -0.0800. The number of nitrogens with zero attached hydrogens (tertiary/aromatic N) is 1. The molecule has 1 saturated carbocycles. The third-order valence-corrected chi connectivity index (χ3v) is 5.13. The van der Waals surface area contributed by atoms with E-state index >= 15 is 0 Å². The van der Waals surface area contributed by atoms with Crippen LogP contribution in [0.4, 0.5) is 0 Å². The first kappa shape index (κ1) is 14.3. The molecule has 1 N–H and O–H groups in total. The molecule has 0 radical (unpaired) electrons. The van der Waals surface area contributed by atoms with Gasteiger partial charge in [-0.25, -0.2) is 0 Å². The molecule has 1 aliphatic heterocycles. The fourth-order valence-corrected chi connectivity index (χ4v) is 3.66. The monoisotopic (exact) mass is 252 g/mol. The fourth-order valence-electron chi connectivity index (χ4n) is 3.66. The smallest absolute Gasteiger partial charge is 0.00954 e. The molecule has 2 heteroatoms. The van der Waals surface area contributed by atoms with Crippen LogP contribution in [0.3, 0.4) is 0 Å². The lowest BCUT2D eigenvalue weighted by Crippen LogP contribution is -2.47. The van der Waals surface area contributed by atoms with Gasteiger partial charge in [0, 0.05) is 18.1 Å². The second-order valence-electron chi connectivity index (χ2n) is 6.70. The van der Waals surface area contributed by atoms with E-state index < -0.39 is 0 Å². The van der Waals surface area contributed by atoms with Gasteiger partial charge < -0.3 is 10.2 Å². The summed E-state index contributed by atoms with van der Waals surface area (Å²) < 4.78 is 0.